The number of thiocarbonyl (C=S) groups is 1. The Morgan fingerprint density at radius 2 is 2.32 bits per heavy atom. The fraction of sp³-hybridized carbons (Fsp3) is 0.429. The summed E-state index contributed by atoms with van der Waals surface area (Å²) < 4.78 is 13.3. The molecule has 102 valence electrons. The van der Waals surface area contributed by atoms with Gasteiger partial charge in [-0.2, -0.15) is 0 Å². The molecule has 1 aliphatic rings. The molecule has 1 atom stereocenters. The average molecular weight is 280 g/mol. The third-order valence-corrected chi connectivity index (χ3v) is 3.79. The number of halogens is 1. The van der Waals surface area contributed by atoms with E-state index in [0.29, 0.717) is 30.0 Å². The van der Waals surface area contributed by atoms with Gasteiger partial charge in [-0.1, -0.05) is 25.6 Å². The van der Waals surface area contributed by atoms with Crippen LogP contribution in [0.4, 0.5) is 4.39 Å². The van der Waals surface area contributed by atoms with Crippen LogP contribution in [0.2, 0.25) is 0 Å². The van der Waals surface area contributed by atoms with Crippen molar-refractivity contribution in [2.24, 2.45) is 11.7 Å². The lowest BCUT2D eigenvalue weighted by Crippen LogP contribution is -2.26. The first-order valence-corrected chi connectivity index (χ1v) is 6.78. The molecule has 3 nitrogen and oxygen atoms in total. The minimum Gasteiger partial charge on any atom is -0.389 e. The molecule has 0 aromatic heterocycles. The quantitative estimate of drug-likeness (QED) is 0.860. The van der Waals surface area contributed by atoms with E-state index in [1.54, 1.807) is 11.0 Å². The second kappa shape index (κ2) is 5.65. The number of hydrogen-bond donors (Lipinski definition) is 1. The number of benzene rings is 1. The summed E-state index contributed by atoms with van der Waals surface area (Å²) in [6, 6.07) is 4.31. The van der Waals surface area contributed by atoms with Crippen LogP contribution in [0.5, 0.6) is 0 Å². The topological polar surface area (TPSA) is 46.3 Å². The van der Waals surface area contributed by atoms with Crippen molar-refractivity contribution in [2.75, 3.05) is 6.54 Å². The summed E-state index contributed by atoms with van der Waals surface area (Å²) >= 11 is 4.96. The van der Waals surface area contributed by atoms with Gasteiger partial charge in [-0.15, -0.1) is 0 Å². The van der Waals surface area contributed by atoms with Gasteiger partial charge in [-0.25, -0.2) is 4.39 Å². The molecule has 0 bridgehead atoms. The highest BCUT2D eigenvalue weighted by atomic mass is 32.1. The van der Waals surface area contributed by atoms with Gasteiger partial charge >= 0.3 is 0 Å². The molecule has 0 aliphatic carbocycles. The highest BCUT2D eigenvalue weighted by molar-refractivity contribution is 7.80. The number of carbonyl (C=O) groups excluding carboxylic acids is 1. The van der Waals surface area contributed by atoms with E-state index >= 15 is 0 Å². The van der Waals surface area contributed by atoms with Crippen molar-refractivity contribution < 1.29 is 9.18 Å². The molecule has 1 heterocycles. The number of likely N-dealkylation sites (tertiary alicyclic amines) is 1. The highest BCUT2D eigenvalue weighted by Crippen LogP contribution is 2.23. The minimum atomic E-state index is -0.339. The molecule has 2 rings (SSSR count). The molecule has 1 aromatic carbocycles. The summed E-state index contributed by atoms with van der Waals surface area (Å²) in [6.07, 6.45) is 1.56. The Bertz CT molecular complexity index is 518. The maximum absolute atomic E-state index is 13.3. The van der Waals surface area contributed by atoms with Gasteiger partial charge in [0.1, 0.15) is 10.8 Å². The zero-order chi connectivity index (χ0) is 14.0. The summed E-state index contributed by atoms with van der Waals surface area (Å²) in [5, 5.41) is 0. The van der Waals surface area contributed by atoms with E-state index in [1.165, 1.54) is 12.1 Å². The predicted octanol–water partition coefficient (Wildman–Crippen LogP) is 2.22. The van der Waals surface area contributed by atoms with E-state index < -0.39 is 0 Å². The Morgan fingerprint density at radius 1 is 1.58 bits per heavy atom. The molecule has 19 heavy (non-hydrogen) atoms. The average Bonchev–Trinajstić information content (AvgIpc) is 2.70. The van der Waals surface area contributed by atoms with Crippen LogP contribution in [0.15, 0.2) is 18.2 Å². The Morgan fingerprint density at radius 3 is 2.89 bits per heavy atom. The van der Waals surface area contributed by atoms with Gasteiger partial charge in [0.2, 0.25) is 5.91 Å². The van der Waals surface area contributed by atoms with Crippen LogP contribution in [0.25, 0.3) is 0 Å². The second-order valence-corrected chi connectivity index (χ2v) is 5.36. The third-order valence-electron chi connectivity index (χ3n) is 3.57. The van der Waals surface area contributed by atoms with Gasteiger partial charge in [-0.05, 0) is 29.7 Å². The second-order valence-electron chi connectivity index (χ2n) is 4.92. The normalized spacial score (nSPS) is 18.9. The number of nitrogens with zero attached hydrogens (tertiary/aromatic N) is 1. The SMILES string of the molecule is CCC1CC(=O)N(Cc2cc(F)ccc2C(N)=S)C1. The fourth-order valence-electron chi connectivity index (χ4n) is 2.42. The molecular formula is C14H17FN2OS. The van der Waals surface area contributed by atoms with Crippen molar-refractivity contribution in [3.05, 3.63) is 35.1 Å². The Balaban J connectivity index is 2.21. The van der Waals surface area contributed by atoms with E-state index in [4.69, 9.17) is 18.0 Å². The minimum absolute atomic E-state index is 0.116. The van der Waals surface area contributed by atoms with Gasteiger partial charge in [0, 0.05) is 25.1 Å². The smallest absolute Gasteiger partial charge is 0.223 e. The largest absolute Gasteiger partial charge is 0.389 e. The van der Waals surface area contributed by atoms with Crippen molar-refractivity contribution in [2.45, 2.75) is 26.3 Å². The molecule has 1 amide bonds. The molecule has 0 radical (unpaired) electrons. The van der Waals surface area contributed by atoms with Gasteiger partial charge in [0.05, 0.1) is 0 Å². The number of rotatable bonds is 4. The zero-order valence-corrected chi connectivity index (χ0v) is 11.7. The summed E-state index contributed by atoms with van der Waals surface area (Å²) in [5.74, 6) is 0.174. The number of hydrogen-bond acceptors (Lipinski definition) is 2. The molecule has 2 N–H and O–H groups in total. The maximum atomic E-state index is 13.3. The van der Waals surface area contributed by atoms with E-state index in [2.05, 4.69) is 6.92 Å². The first-order chi connectivity index (χ1) is 9.01. The van der Waals surface area contributed by atoms with Crippen LogP contribution in [0, 0.1) is 11.7 Å². The van der Waals surface area contributed by atoms with Gasteiger partial charge < -0.3 is 10.6 Å². The van der Waals surface area contributed by atoms with Crippen LogP contribution in [0.1, 0.15) is 30.9 Å². The van der Waals surface area contributed by atoms with Crippen LogP contribution >= 0.6 is 12.2 Å². The molecular weight excluding hydrogens is 263 g/mol. The summed E-state index contributed by atoms with van der Waals surface area (Å²) in [4.78, 5) is 13.9. The van der Waals surface area contributed by atoms with Gasteiger partial charge in [-0.3, -0.25) is 4.79 Å². The van der Waals surface area contributed by atoms with Gasteiger partial charge in [0.25, 0.3) is 0 Å². The van der Waals surface area contributed by atoms with Crippen LogP contribution in [0.3, 0.4) is 0 Å². The van der Waals surface area contributed by atoms with E-state index in [9.17, 15) is 9.18 Å². The molecule has 1 unspecified atom stereocenters. The summed E-state index contributed by atoms with van der Waals surface area (Å²) in [5.41, 5.74) is 6.95. The van der Waals surface area contributed by atoms with Crippen molar-refractivity contribution in [1.29, 1.82) is 0 Å². The first-order valence-electron chi connectivity index (χ1n) is 6.37. The van der Waals surface area contributed by atoms with E-state index in [1.807, 2.05) is 0 Å². The third kappa shape index (κ3) is 3.10. The number of amides is 1. The Labute approximate surface area is 117 Å². The van der Waals surface area contributed by atoms with Crippen molar-refractivity contribution >= 4 is 23.1 Å². The Hall–Kier alpha value is -1.49. The fourth-order valence-corrected chi connectivity index (χ4v) is 2.62. The van der Waals surface area contributed by atoms with Crippen LogP contribution in [-0.2, 0) is 11.3 Å². The molecule has 1 aromatic rings. The van der Waals surface area contributed by atoms with Crippen molar-refractivity contribution in [3.63, 3.8) is 0 Å². The van der Waals surface area contributed by atoms with E-state index in [0.717, 1.165) is 13.0 Å². The lowest BCUT2D eigenvalue weighted by molar-refractivity contribution is -0.128. The summed E-state index contributed by atoms with van der Waals surface area (Å²) in [6.45, 7) is 3.17. The van der Waals surface area contributed by atoms with Crippen LogP contribution in [-0.4, -0.2) is 22.3 Å². The van der Waals surface area contributed by atoms with E-state index in [-0.39, 0.29) is 16.7 Å². The molecule has 1 fully saturated rings. The lowest BCUT2D eigenvalue weighted by Gasteiger charge is -2.18. The highest BCUT2D eigenvalue weighted by Gasteiger charge is 2.28. The predicted molar refractivity (Wildman–Crippen MR) is 76.1 cm³/mol. The first kappa shape index (κ1) is 13.9. The monoisotopic (exact) mass is 280 g/mol. The zero-order valence-electron chi connectivity index (χ0n) is 10.9. The Kier molecular flexibility index (Phi) is 4.14. The number of carbonyl (C=O) groups is 1. The van der Waals surface area contributed by atoms with Gasteiger partial charge in [0.15, 0.2) is 0 Å². The molecule has 0 spiro atoms. The summed E-state index contributed by atoms with van der Waals surface area (Å²) in [7, 11) is 0. The van der Waals surface area contributed by atoms with Crippen molar-refractivity contribution in [3.8, 4) is 0 Å². The molecule has 0 saturated carbocycles. The standard InChI is InChI=1S/C14H17FN2OS/c1-2-9-5-13(18)17(7-9)8-10-6-11(15)3-4-12(10)14(16)19/h3-4,6,9H,2,5,7-8H2,1H3,(H2,16,19). The lowest BCUT2D eigenvalue weighted by atomic mass is 10.1. The molecule has 5 heteroatoms. The molecule has 1 saturated heterocycles. The van der Waals surface area contributed by atoms with Crippen LogP contribution < -0.4 is 5.73 Å². The maximum Gasteiger partial charge on any atom is 0.223 e. The van der Waals surface area contributed by atoms with Crippen molar-refractivity contribution in [1.82, 2.24) is 4.90 Å². The molecule has 1 aliphatic heterocycles. The number of nitrogens with two attached hydrogens (primary N) is 1.